The van der Waals surface area contributed by atoms with Crippen LogP contribution in [0.3, 0.4) is 0 Å². The quantitative estimate of drug-likeness (QED) is 0.856. The third-order valence-electron chi connectivity index (χ3n) is 2.13. The van der Waals surface area contributed by atoms with Crippen LogP contribution in [0, 0.1) is 6.92 Å². The SMILES string of the molecule is Cc1ccnc(N(C)CC(F)F)c1C(=O)O. The standard InChI is InChI=1S/C10H12F2N2O2/c1-6-3-4-13-9(8(6)10(15)16)14(2)5-7(11)12/h3-4,7H,5H2,1-2H3,(H,15,16). The summed E-state index contributed by atoms with van der Waals surface area (Å²) >= 11 is 0. The molecule has 0 fully saturated rings. The van der Waals surface area contributed by atoms with Crippen molar-refractivity contribution < 1.29 is 18.7 Å². The van der Waals surface area contributed by atoms with Crippen LogP contribution < -0.4 is 4.90 Å². The molecule has 0 saturated carbocycles. The largest absolute Gasteiger partial charge is 0.478 e. The zero-order valence-corrected chi connectivity index (χ0v) is 8.94. The molecule has 1 aromatic rings. The normalized spacial score (nSPS) is 10.6. The van der Waals surface area contributed by atoms with Gasteiger partial charge in [-0.25, -0.2) is 18.6 Å². The summed E-state index contributed by atoms with van der Waals surface area (Å²) < 4.78 is 24.4. The first-order valence-electron chi connectivity index (χ1n) is 4.61. The van der Waals surface area contributed by atoms with Gasteiger partial charge in [0.15, 0.2) is 0 Å². The second kappa shape index (κ2) is 4.87. The minimum Gasteiger partial charge on any atom is -0.478 e. The average Bonchev–Trinajstić information content (AvgIpc) is 2.15. The van der Waals surface area contributed by atoms with Crippen LogP contribution in [-0.4, -0.2) is 36.1 Å². The Morgan fingerprint density at radius 1 is 1.62 bits per heavy atom. The molecule has 0 radical (unpaired) electrons. The summed E-state index contributed by atoms with van der Waals surface area (Å²) in [6.45, 7) is 1.06. The summed E-state index contributed by atoms with van der Waals surface area (Å²) in [6.07, 6.45) is -1.13. The van der Waals surface area contributed by atoms with Gasteiger partial charge in [-0.05, 0) is 18.6 Å². The van der Waals surface area contributed by atoms with E-state index in [9.17, 15) is 13.6 Å². The Morgan fingerprint density at radius 3 is 2.75 bits per heavy atom. The van der Waals surface area contributed by atoms with Crippen LogP contribution in [0.25, 0.3) is 0 Å². The number of aromatic carboxylic acids is 1. The van der Waals surface area contributed by atoms with Crippen molar-refractivity contribution in [3.8, 4) is 0 Å². The highest BCUT2D eigenvalue weighted by atomic mass is 19.3. The number of anilines is 1. The second-order valence-corrected chi connectivity index (χ2v) is 3.40. The third kappa shape index (κ3) is 2.65. The van der Waals surface area contributed by atoms with E-state index < -0.39 is 18.9 Å². The molecule has 6 heteroatoms. The highest BCUT2D eigenvalue weighted by molar-refractivity contribution is 5.94. The Morgan fingerprint density at radius 2 is 2.25 bits per heavy atom. The minimum atomic E-state index is -2.53. The number of carbonyl (C=O) groups is 1. The number of pyridine rings is 1. The number of aryl methyl sites for hydroxylation is 1. The van der Waals surface area contributed by atoms with E-state index in [0.717, 1.165) is 4.90 Å². The maximum atomic E-state index is 12.2. The van der Waals surface area contributed by atoms with Crippen LogP contribution in [0.2, 0.25) is 0 Å². The van der Waals surface area contributed by atoms with Crippen LogP contribution in [0.4, 0.5) is 14.6 Å². The van der Waals surface area contributed by atoms with E-state index in [1.807, 2.05) is 0 Å². The molecule has 16 heavy (non-hydrogen) atoms. The number of alkyl halides is 2. The van der Waals surface area contributed by atoms with Crippen molar-refractivity contribution >= 4 is 11.8 Å². The summed E-state index contributed by atoms with van der Waals surface area (Å²) in [5.74, 6) is -1.10. The lowest BCUT2D eigenvalue weighted by Gasteiger charge is -2.20. The second-order valence-electron chi connectivity index (χ2n) is 3.40. The van der Waals surface area contributed by atoms with E-state index in [1.54, 1.807) is 6.92 Å². The molecule has 0 saturated heterocycles. The molecule has 1 aromatic heterocycles. The number of carboxylic acids is 1. The summed E-state index contributed by atoms with van der Waals surface area (Å²) in [7, 11) is 1.39. The van der Waals surface area contributed by atoms with Gasteiger partial charge in [-0.1, -0.05) is 0 Å². The number of nitrogens with zero attached hydrogens (tertiary/aromatic N) is 2. The van der Waals surface area contributed by atoms with E-state index >= 15 is 0 Å². The zero-order valence-electron chi connectivity index (χ0n) is 8.94. The van der Waals surface area contributed by atoms with Gasteiger partial charge in [-0.2, -0.15) is 0 Å². The Kier molecular flexibility index (Phi) is 3.76. The van der Waals surface area contributed by atoms with Crippen LogP contribution in [-0.2, 0) is 0 Å². The number of rotatable bonds is 4. The molecule has 4 nitrogen and oxygen atoms in total. The van der Waals surface area contributed by atoms with Crippen molar-refractivity contribution in [2.75, 3.05) is 18.5 Å². The topological polar surface area (TPSA) is 53.4 Å². The van der Waals surface area contributed by atoms with Crippen molar-refractivity contribution in [1.82, 2.24) is 4.98 Å². The Bertz CT molecular complexity index is 396. The molecule has 0 unspecified atom stereocenters. The van der Waals surface area contributed by atoms with Gasteiger partial charge in [0.2, 0.25) is 0 Å². The summed E-state index contributed by atoms with van der Waals surface area (Å²) in [5, 5.41) is 8.98. The molecule has 0 aliphatic carbocycles. The first-order valence-corrected chi connectivity index (χ1v) is 4.61. The zero-order chi connectivity index (χ0) is 12.3. The van der Waals surface area contributed by atoms with Gasteiger partial charge in [-0.15, -0.1) is 0 Å². The molecule has 0 aliphatic heterocycles. The van der Waals surface area contributed by atoms with Crippen LogP contribution in [0.1, 0.15) is 15.9 Å². The van der Waals surface area contributed by atoms with Gasteiger partial charge in [0, 0.05) is 13.2 Å². The Balaban J connectivity index is 3.12. The number of halogens is 2. The minimum absolute atomic E-state index is 0.0364. The number of aromatic nitrogens is 1. The van der Waals surface area contributed by atoms with E-state index in [4.69, 9.17) is 5.11 Å². The highest BCUT2D eigenvalue weighted by Crippen LogP contribution is 2.20. The maximum absolute atomic E-state index is 12.2. The highest BCUT2D eigenvalue weighted by Gasteiger charge is 2.19. The van der Waals surface area contributed by atoms with Gasteiger partial charge in [0.05, 0.1) is 6.54 Å². The molecule has 1 rings (SSSR count). The molecule has 0 bridgehead atoms. The molecule has 0 atom stereocenters. The van der Waals surface area contributed by atoms with Gasteiger partial charge in [0.25, 0.3) is 6.43 Å². The molecule has 0 spiro atoms. The van der Waals surface area contributed by atoms with E-state index in [-0.39, 0.29) is 11.4 Å². The van der Waals surface area contributed by atoms with Crippen LogP contribution >= 0.6 is 0 Å². The monoisotopic (exact) mass is 230 g/mol. The van der Waals surface area contributed by atoms with Crippen molar-refractivity contribution in [3.63, 3.8) is 0 Å². The fourth-order valence-electron chi connectivity index (χ4n) is 1.39. The molecule has 88 valence electrons. The fraction of sp³-hybridized carbons (Fsp3) is 0.400. The molecule has 0 amide bonds. The third-order valence-corrected chi connectivity index (χ3v) is 2.13. The van der Waals surface area contributed by atoms with Crippen molar-refractivity contribution in [3.05, 3.63) is 23.4 Å². The molecule has 1 heterocycles. The molecular formula is C10H12F2N2O2. The predicted octanol–water partition coefficient (Wildman–Crippen LogP) is 1.79. The van der Waals surface area contributed by atoms with Gasteiger partial charge < -0.3 is 10.0 Å². The molecular weight excluding hydrogens is 218 g/mol. The molecule has 0 aliphatic rings. The van der Waals surface area contributed by atoms with Crippen molar-refractivity contribution in [1.29, 1.82) is 0 Å². The Labute approximate surface area is 91.5 Å². The molecule has 1 N–H and O–H groups in total. The summed E-state index contributed by atoms with van der Waals surface area (Å²) in [6, 6.07) is 1.53. The maximum Gasteiger partial charge on any atom is 0.339 e. The van der Waals surface area contributed by atoms with E-state index in [1.165, 1.54) is 19.3 Å². The Hall–Kier alpha value is -1.72. The number of hydrogen-bond donors (Lipinski definition) is 1. The van der Waals surface area contributed by atoms with E-state index in [0.29, 0.717) is 5.56 Å². The van der Waals surface area contributed by atoms with Crippen LogP contribution in [0.15, 0.2) is 12.3 Å². The van der Waals surface area contributed by atoms with Crippen LogP contribution in [0.5, 0.6) is 0 Å². The average molecular weight is 230 g/mol. The first-order chi connectivity index (χ1) is 7.43. The van der Waals surface area contributed by atoms with Gasteiger partial charge in [0.1, 0.15) is 11.4 Å². The fourth-order valence-corrected chi connectivity index (χ4v) is 1.39. The summed E-state index contributed by atoms with van der Waals surface area (Å²) in [5.41, 5.74) is 0.462. The summed E-state index contributed by atoms with van der Waals surface area (Å²) in [4.78, 5) is 15.9. The van der Waals surface area contributed by atoms with Gasteiger partial charge >= 0.3 is 5.97 Å². The lowest BCUT2D eigenvalue weighted by Crippen LogP contribution is -2.27. The lowest BCUT2D eigenvalue weighted by molar-refractivity contribution is 0.0695. The van der Waals surface area contributed by atoms with Crippen molar-refractivity contribution in [2.24, 2.45) is 0 Å². The predicted molar refractivity (Wildman–Crippen MR) is 55.2 cm³/mol. The first kappa shape index (κ1) is 12.4. The van der Waals surface area contributed by atoms with Crippen molar-refractivity contribution in [2.45, 2.75) is 13.3 Å². The smallest absolute Gasteiger partial charge is 0.339 e. The number of carboxylic acid groups (broad SMARTS) is 1. The number of hydrogen-bond acceptors (Lipinski definition) is 3. The van der Waals surface area contributed by atoms with Gasteiger partial charge in [-0.3, -0.25) is 0 Å². The van der Waals surface area contributed by atoms with E-state index in [2.05, 4.69) is 4.98 Å². The lowest BCUT2D eigenvalue weighted by atomic mass is 10.1. The molecule has 0 aromatic carbocycles.